The van der Waals surface area contributed by atoms with Gasteiger partial charge in [-0.05, 0) is 30.9 Å². The van der Waals surface area contributed by atoms with E-state index < -0.39 is 0 Å². The molecule has 1 unspecified atom stereocenters. The highest BCUT2D eigenvalue weighted by Crippen LogP contribution is 2.52. The lowest BCUT2D eigenvalue weighted by molar-refractivity contribution is -0.116. The van der Waals surface area contributed by atoms with Crippen molar-refractivity contribution >= 4 is 17.2 Å². The van der Waals surface area contributed by atoms with Gasteiger partial charge in [0.15, 0.2) is 5.78 Å². The van der Waals surface area contributed by atoms with E-state index in [0.29, 0.717) is 6.42 Å². The Hall–Kier alpha value is -2.16. The zero-order valence-corrected chi connectivity index (χ0v) is 12.4. The predicted molar refractivity (Wildman–Crippen MR) is 84.1 cm³/mol. The Balaban J connectivity index is 1.81. The van der Waals surface area contributed by atoms with E-state index in [1.54, 1.807) is 0 Å². The highest BCUT2D eigenvalue weighted by atomic mass is 16.5. The van der Waals surface area contributed by atoms with Gasteiger partial charge in [-0.3, -0.25) is 9.79 Å². The summed E-state index contributed by atoms with van der Waals surface area (Å²) >= 11 is 0. The molecule has 4 aliphatic rings. The van der Waals surface area contributed by atoms with Crippen LogP contribution in [0, 0.1) is 0 Å². The summed E-state index contributed by atoms with van der Waals surface area (Å²) in [6.07, 6.45) is 5.50. The van der Waals surface area contributed by atoms with Gasteiger partial charge in [0.2, 0.25) is 0 Å². The quantitative estimate of drug-likeness (QED) is 0.713. The maximum atomic E-state index is 12.6. The minimum atomic E-state index is 0.0653. The summed E-state index contributed by atoms with van der Waals surface area (Å²) in [7, 11) is 0. The normalized spacial score (nSPS) is 25.9. The maximum Gasteiger partial charge on any atom is 0.163 e. The molecule has 0 fully saturated rings. The third kappa shape index (κ3) is 1.57. The lowest BCUT2D eigenvalue weighted by Crippen LogP contribution is -2.31. The van der Waals surface area contributed by atoms with Crippen molar-refractivity contribution in [3.63, 3.8) is 0 Å². The van der Waals surface area contributed by atoms with Crippen LogP contribution in [0.1, 0.15) is 50.0 Å². The van der Waals surface area contributed by atoms with E-state index in [2.05, 4.69) is 12.1 Å². The lowest BCUT2D eigenvalue weighted by atomic mass is 9.71. The van der Waals surface area contributed by atoms with E-state index in [1.165, 1.54) is 11.1 Å². The summed E-state index contributed by atoms with van der Waals surface area (Å²) in [4.78, 5) is 17.5. The van der Waals surface area contributed by atoms with E-state index in [1.807, 2.05) is 12.1 Å². The van der Waals surface area contributed by atoms with Gasteiger partial charge >= 0.3 is 0 Å². The number of benzene rings is 1. The summed E-state index contributed by atoms with van der Waals surface area (Å²) in [5, 5.41) is 0. The number of hydrogen-bond acceptors (Lipinski definition) is 3. The van der Waals surface area contributed by atoms with Crippen molar-refractivity contribution in [1.29, 1.82) is 0 Å². The van der Waals surface area contributed by atoms with Crippen molar-refractivity contribution in [2.45, 2.75) is 44.4 Å². The van der Waals surface area contributed by atoms with Crippen LogP contribution in [0.15, 0.2) is 51.9 Å². The van der Waals surface area contributed by atoms with Gasteiger partial charge < -0.3 is 4.74 Å². The van der Waals surface area contributed by atoms with Crippen LogP contribution in [0.4, 0.5) is 5.69 Å². The molecular formula is C19H17NO2. The van der Waals surface area contributed by atoms with Gasteiger partial charge in [-0.1, -0.05) is 18.2 Å². The molecule has 0 radical (unpaired) electrons. The molecule has 110 valence electrons. The van der Waals surface area contributed by atoms with Crippen molar-refractivity contribution in [3.8, 4) is 0 Å². The molecule has 3 heteroatoms. The number of hydrogen-bond donors (Lipinski definition) is 0. The first-order valence-electron chi connectivity index (χ1n) is 8.17. The summed E-state index contributed by atoms with van der Waals surface area (Å²) in [6, 6.07) is 8.26. The second kappa shape index (κ2) is 4.42. The van der Waals surface area contributed by atoms with Crippen LogP contribution >= 0.6 is 0 Å². The minimum absolute atomic E-state index is 0.0653. The second-order valence-corrected chi connectivity index (χ2v) is 6.46. The number of para-hydroxylation sites is 1. The molecular weight excluding hydrogens is 274 g/mol. The predicted octanol–water partition coefficient (Wildman–Crippen LogP) is 4.33. The topological polar surface area (TPSA) is 38.7 Å². The number of rotatable bonds is 0. The zero-order chi connectivity index (χ0) is 14.7. The van der Waals surface area contributed by atoms with Crippen molar-refractivity contribution in [2.75, 3.05) is 0 Å². The third-order valence-electron chi connectivity index (χ3n) is 5.16. The fraction of sp³-hybridized carbons (Fsp3) is 0.368. The first kappa shape index (κ1) is 12.4. The van der Waals surface area contributed by atoms with Gasteiger partial charge in [0, 0.05) is 42.0 Å². The van der Waals surface area contributed by atoms with Crippen molar-refractivity contribution < 1.29 is 9.53 Å². The molecule has 1 atom stereocenters. The molecule has 22 heavy (non-hydrogen) atoms. The summed E-state index contributed by atoms with van der Waals surface area (Å²) < 4.78 is 6.17. The summed E-state index contributed by atoms with van der Waals surface area (Å²) in [5.74, 6) is 2.32. The number of aliphatic imine (C=N–C) groups is 1. The molecule has 0 N–H and O–H groups in total. The van der Waals surface area contributed by atoms with E-state index in [-0.39, 0.29) is 11.7 Å². The van der Waals surface area contributed by atoms with Gasteiger partial charge in [0.25, 0.3) is 0 Å². The fourth-order valence-corrected chi connectivity index (χ4v) is 4.24. The molecule has 0 bridgehead atoms. The van der Waals surface area contributed by atoms with Gasteiger partial charge in [-0.2, -0.15) is 0 Å². The first-order valence-corrected chi connectivity index (χ1v) is 8.17. The fourth-order valence-electron chi connectivity index (χ4n) is 4.24. The highest BCUT2D eigenvalue weighted by Gasteiger charge is 2.43. The summed E-state index contributed by atoms with van der Waals surface area (Å²) in [6.45, 7) is 0. The van der Waals surface area contributed by atoms with Gasteiger partial charge in [0.1, 0.15) is 11.5 Å². The number of nitrogens with zero attached hydrogens (tertiary/aromatic N) is 1. The van der Waals surface area contributed by atoms with Crippen LogP contribution in [0.5, 0.6) is 0 Å². The molecule has 2 aliphatic carbocycles. The van der Waals surface area contributed by atoms with E-state index in [0.717, 1.165) is 60.6 Å². The molecule has 0 spiro atoms. The van der Waals surface area contributed by atoms with Crippen LogP contribution in [0.3, 0.4) is 0 Å². The molecule has 1 aromatic rings. The number of ether oxygens (including phenoxy) is 1. The molecule has 3 nitrogen and oxygen atoms in total. The van der Waals surface area contributed by atoms with Crippen molar-refractivity contribution in [2.24, 2.45) is 4.99 Å². The van der Waals surface area contributed by atoms with Gasteiger partial charge in [-0.25, -0.2) is 0 Å². The number of allylic oxidation sites excluding steroid dienone is 4. The molecule has 1 aromatic carbocycles. The number of Topliss-reactive ketones (excluding diaryl/α,β-unsaturated/α-hetero) is 1. The molecule has 0 amide bonds. The molecule has 2 heterocycles. The SMILES string of the molecule is O=C1CCCC2=C1C1C3=C(CCCC3=Nc3ccccc31)O2. The summed E-state index contributed by atoms with van der Waals surface area (Å²) in [5.41, 5.74) is 5.44. The Morgan fingerprint density at radius 2 is 1.73 bits per heavy atom. The Morgan fingerprint density at radius 1 is 0.955 bits per heavy atom. The van der Waals surface area contributed by atoms with Crippen LogP contribution < -0.4 is 0 Å². The molecule has 0 aromatic heterocycles. The van der Waals surface area contributed by atoms with Crippen LogP contribution in [-0.2, 0) is 9.53 Å². The average Bonchev–Trinajstić information content (AvgIpc) is 2.55. The number of fused-ring (bicyclic) bond motifs is 3. The van der Waals surface area contributed by atoms with E-state index in [4.69, 9.17) is 9.73 Å². The Morgan fingerprint density at radius 3 is 2.64 bits per heavy atom. The Bertz CT molecular complexity index is 797. The Labute approximate surface area is 129 Å². The van der Waals surface area contributed by atoms with E-state index >= 15 is 0 Å². The van der Waals surface area contributed by atoms with Crippen LogP contribution in [-0.4, -0.2) is 11.5 Å². The molecule has 5 rings (SSSR count). The average molecular weight is 291 g/mol. The smallest absolute Gasteiger partial charge is 0.163 e. The second-order valence-electron chi connectivity index (χ2n) is 6.46. The molecule has 0 saturated carbocycles. The highest BCUT2D eigenvalue weighted by molar-refractivity contribution is 6.10. The van der Waals surface area contributed by atoms with E-state index in [9.17, 15) is 4.79 Å². The van der Waals surface area contributed by atoms with Gasteiger partial charge in [-0.15, -0.1) is 0 Å². The largest absolute Gasteiger partial charge is 0.465 e. The van der Waals surface area contributed by atoms with Crippen molar-refractivity contribution in [3.05, 3.63) is 52.5 Å². The van der Waals surface area contributed by atoms with Crippen LogP contribution in [0.2, 0.25) is 0 Å². The third-order valence-corrected chi connectivity index (χ3v) is 5.16. The first-order chi connectivity index (χ1) is 10.8. The standard InChI is InChI=1S/C19H17NO2/c21-14-8-4-10-16-19(14)17-11-5-1-2-6-12(11)20-13-7-3-9-15(22-16)18(13)17/h1-2,5-6,17H,3-4,7-10H2. The van der Waals surface area contributed by atoms with Gasteiger partial charge in [0.05, 0.1) is 5.69 Å². The number of carbonyl (C=O) groups excluding carboxylic acids is 1. The number of carbonyl (C=O) groups is 1. The zero-order valence-electron chi connectivity index (χ0n) is 12.4. The molecule has 2 aliphatic heterocycles. The maximum absolute atomic E-state index is 12.6. The number of ketones is 1. The van der Waals surface area contributed by atoms with Crippen molar-refractivity contribution in [1.82, 2.24) is 0 Å². The van der Waals surface area contributed by atoms with Crippen LogP contribution in [0.25, 0.3) is 0 Å². The monoisotopic (exact) mass is 291 g/mol. The lowest BCUT2D eigenvalue weighted by Gasteiger charge is -2.39. The minimum Gasteiger partial charge on any atom is -0.465 e. The Kier molecular flexibility index (Phi) is 2.49. The molecule has 0 saturated heterocycles.